The summed E-state index contributed by atoms with van der Waals surface area (Å²) in [5.41, 5.74) is 1.74. The SMILES string of the molecule is Cc1cc(C(=O)NC[C@H]2CCCO2)c2c(-c3ccccc3F)noc2n1. The second-order valence-electron chi connectivity index (χ2n) is 6.35. The molecular formula is C19H18FN3O3. The highest BCUT2D eigenvalue weighted by atomic mass is 19.1. The number of nitrogens with one attached hydrogen (secondary N) is 1. The zero-order valence-corrected chi connectivity index (χ0v) is 14.3. The topological polar surface area (TPSA) is 77.2 Å². The number of nitrogens with zero attached hydrogens (tertiary/aromatic N) is 2. The van der Waals surface area contributed by atoms with Gasteiger partial charge in [0.05, 0.1) is 17.1 Å². The van der Waals surface area contributed by atoms with Gasteiger partial charge in [-0.3, -0.25) is 4.79 Å². The summed E-state index contributed by atoms with van der Waals surface area (Å²) < 4.78 is 25.0. The number of rotatable bonds is 4. The van der Waals surface area contributed by atoms with Crippen molar-refractivity contribution in [3.8, 4) is 11.3 Å². The summed E-state index contributed by atoms with van der Waals surface area (Å²) in [5.74, 6) is -0.717. The van der Waals surface area contributed by atoms with E-state index in [1.165, 1.54) is 6.07 Å². The Hall–Kier alpha value is -2.80. The molecule has 0 aliphatic carbocycles. The van der Waals surface area contributed by atoms with E-state index in [1.807, 2.05) is 0 Å². The molecule has 1 atom stereocenters. The average Bonchev–Trinajstić information content (AvgIpc) is 3.29. The number of aryl methyl sites for hydroxylation is 1. The van der Waals surface area contributed by atoms with Crippen LogP contribution in [0, 0.1) is 12.7 Å². The molecule has 3 heterocycles. The van der Waals surface area contributed by atoms with Gasteiger partial charge in [0.15, 0.2) is 0 Å². The number of carbonyl (C=O) groups excluding carboxylic acids is 1. The van der Waals surface area contributed by atoms with Crippen LogP contribution in [0.2, 0.25) is 0 Å². The monoisotopic (exact) mass is 355 g/mol. The minimum Gasteiger partial charge on any atom is -0.376 e. The van der Waals surface area contributed by atoms with Crippen molar-refractivity contribution in [2.75, 3.05) is 13.2 Å². The molecule has 2 aromatic heterocycles. The van der Waals surface area contributed by atoms with Gasteiger partial charge in [-0.15, -0.1) is 0 Å². The number of amides is 1. The first kappa shape index (κ1) is 16.7. The van der Waals surface area contributed by atoms with Crippen LogP contribution in [0.1, 0.15) is 28.9 Å². The van der Waals surface area contributed by atoms with Crippen LogP contribution in [0.25, 0.3) is 22.4 Å². The van der Waals surface area contributed by atoms with E-state index < -0.39 is 5.82 Å². The third kappa shape index (κ3) is 3.06. The van der Waals surface area contributed by atoms with Crippen LogP contribution in [-0.4, -0.2) is 35.3 Å². The van der Waals surface area contributed by atoms with Crippen molar-refractivity contribution in [2.24, 2.45) is 0 Å². The van der Waals surface area contributed by atoms with Gasteiger partial charge < -0.3 is 14.6 Å². The molecule has 1 fully saturated rings. The summed E-state index contributed by atoms with van der Waals surface area (Å²) >= 11 is 0. The predicted octanol–water partition coefficient (Wildman–Crippen LogP) is 3.25. The van der Waals surface area contributed by atoms with E-state index in [2.05, 4.69) is 15.5 Å². The zero-order valence-electron chi connectivity index (χ0n) is 14.3. The number of hydrogen-bond acceptors (Lipinski definition) is 5. The molecule has 0 unspecified atom stereocenters. The first-order valence-corrected chi connectivity index (χ1v) is 8.55. The molecule has 1 aliphatic rings. The van der Waals surface area contributed by atoms with Gasteiger partial charge in [-0.25, -0.2) is 9.37 Å². The van der Waals surface area contributed by atoms with Crippen molar-refractivity contribution in [1.29, 1.82) is 0 Å². The van der Waals surface area contributed by atoms with Crippen LogP contribution in [0.5, 0.6) is 0 Å². The van der Waals surface area contributed by atoms with Gasteiger partial charge in [0.25, 0.3) is 11.6 Å². The Morgan fingerprint density at radius 1 is 1.38 bits per heavy atom. The highest BCUT2D eigenvalue weighted by Crippen LogP contribution is 2.31. The molecule has 134 valence electrons. The molecule has 1 aromatic carbocycles. The summed E-state index contributed by atoms with van der Waals surface area (Å²) in [6.07, 6.45) is 1.96. The van der Waals surface area contributed by atoms with E-state index in [0.717, 1.165) is 19.4 Å². The molecule has 0 bridgehead atoms. The van der Waals surface area contributed by atoms with Crippen LogP contribution in [-0.2, 0) is 4.74 Å². The molecule has 3 aromatic rings. The highest BCUT2D eigenvalue weighted by molar-refractivity contribution is 6.09. The van der Waals surface area contributed by atoms with Crippen molar-refractivity contribution in [2.45, 2.75) is 25.9 Å². The summed E-state index contributed by atoms with van der Waals surface area (Å²) in [5, 5.41) is 7.26. The Morgan fingerprint density at radius 2 is 2.23 bits per heavy atom. The predicted molar refractivity (Wildman–Crippen MR) is 93.2 cm³/mol. The van der Waals surface area contributed by atoms with Crippen molar-refractivity contribution < 1.29 is 18.4 Å². The summed E-state index contributed by atoms with van der Waals surface area (Å²) in [6, 6.07) is 7.90. The number of pyridine rings is 1. The van der Waals surface area contributed by atoms with Crippen molar-refractivity contribution >= 4 is 17.0 Å². The van der Waals surface area contributed by atoms with Crippen LogP contribution in [0.15, 0.2) is 34.9 Å². The molecule has 6 nitrogen and oxygen atoms in total. The van der Waals surface area contributed by atoms with E-state index in [0.29, 0.717) is 23.2 Å². The Morgan fingerprint density at radius 3 is 3.00 bits per heavy atom. The maximum atomic E-state index is 14.2. The van der Waals surface area contributed by atoms with Gasteiger partial charge in [-0.05, 0) is 38.0 Å². The molecule has 7 heteroatoms. The fraction of sp³-hybridized carbons (Fsp3) is 0.316. The van der Waals surface area contributed by atoms with E-state index in [-0.39, 0.29) is 29.0 Å². The molecule has 26 heavy (non-hydrogen) atoms. The Bertz CT molecular complexity index is 964. The molecule has 0 spiro atoms. The molecule has 0 saturated carbocycles. The molecule has 1 amide bonds. The van der Waals surface area contributed by atoms with Crippen molar-refractivity contribution in [3.05, 3.63) is 47.4 Å². The lowest BCUT2D eigenvalue weighted by molar-refractivity contribution is 0.0859. The number of hydrogen-bond donors (Lipinski definition) is 1. The second-order valence-corrected chi connectivity index (χ2v) is 6.35. The van der Waals surface area contributed by atoms with Gasteiger partial charge >= 0.3 is 0 Å². The van der Waals surface area contributed by atoms with E-state index >= 15 is 0 Å². The lowest BCUT2D eigenvalue weighted by Gasteiger charge is -2.11. The normalized spacial score (nSPS) is 16.9. The van der Waals surface area contributed by atoms with Crippen LogP contribution < -0.4 is 5.32 Å². The molecule has 1 saturated heterocycles. The van der Waals surface area contributed by atoms with E-state index in [1.54, 1.807) is 31.2 Å². The van der Waals surface area contributed by atoms with Crippen LogP contribution >= 0.6 is 0 Å². The Labute approximate surface area is 149 Å². The maximum Gasteiger partial charge on any atom is 0.259 e. The number of halogens is 1. The minimum absolute atomic E-state index is 0.0332. The summed E-state index contributed by atoms with van der Waals surface area (Å²) in [7, 11) is 0. The van der Waals surface area contributed by atoms with Crippen LogP contribution in [0.3, 0.4) is 0 Å². The molecule has 1 aliphatic heterocycles. The lowest BCUT2D eigenvalue weighted by Crippen LogP contribution is -2.32. The quantitative estimate of drug-likeness (QED) is 0.777. The van der Waals surface area contributed by atoms with Gasteiger partial charge in [-0.1, -0.05) is 17.3 Å². The Balaban J connectivity index is 1.74. The van der Waals surface area contributed by atoms with Crippen molar-refractivity contribution in [3.63, 3.8) is 0 Å². The molecule has 4 rings (SSSR count). The number of ether oxygens (including phenoxy) is 1. The Kier molecular flexibility index (Phi) is 4.38. The second kappa shape index (κ2) is 6.84. The zero-order chi connectivity index (χ0) is 18.1. The van der Waals surface area contributed by atoms with Gasteiger partial charge in [0.2, 0.25) is 0 Å². The molecule has 1 N–H and O–H groups in total. The first-order valence-electron chi connectivity index (χ1n) is 8.55. The number of benzene rings is 1. The maximum absolute atomic E-state index is 14.2. The number of carbonyl (C=O) groups is 1. The third-order valence-corrected chi connectivity index (χ3v) is 4.46. The summed E-state index contributed by atoms with van der Waals surface area (Å²) in [4.78, 5) is 17.1. The summed E-state index contributed by atoms with van der Waals surface area (Å²) in [6.45, 7) is 2.92. The van der Waals surface area contributed by atoms with E-state index in [9.17, 15) is 9.18 Å². The van der Waals surface area contributed by atoms with Gasteiger partial charge in [0.1, 0.15) is 11.5 Å². The smallest absolute Gasteiger partial charge is 0.259 e. The van der Waals surface area contributed by atoms with Gasteiger partial charge in [0, 0.05) is 24.4 Å². The fourth-order valence-electron chi connectivity index (χ4n) is 3.20. The minimum atomic E-state index is -0.436. The molecule has 0 radical (unpaired) electrons. The van der Waals surface area contributed by atoms with Gasteiger partial charge in [-0.2, -0.15) is 0 Å². The number of aromatic nitrogens is 2. The van der Waals surface area contributed by atoms with Crippen LogP contribution in [0.4, 0.5) is 4.39 Å². The third-order valence-electron chi connectivity index (χ3n) is 4.46. The standard InChI is InChI=1S/C19H18FN3O3/c1-11-9-14(18(24)21-10-12-5-4-8-25-12)16-17(23-26-19(16)22-11)13-6-2-3-7-15(13)20/h2-3,6-7,9,12H,4-5,8,10H2,1H3,(H,21,24)/t12-/m1/s1. The largest absolute Gasteiger partial charge is 0.376 e. The lowest BCUT2D eigenvalue weighted by atomic mass is 10.0. The number of fused-ring (bicyclic) bond motifs is 1. The first-order chi connectivity index (χ1) is 12.6. The fourth-order valence-corrected chi connectivity index (χ4v) is 3.20. The van der Waals surface area contributed by atoms with Crippen molar-refractivity contribution in [1.82, 2.24) is 15.5 Å². The van der Waals surface area contributed by atoms with E-state index in [4.69, 9.17) is 9.26 Å². The molecular weight excluding hydrogens is 337 g/mol. The highest BCUT2D eigenvalue weighted by Gasteiger charge is 2.23. The average molecular weight is 355 g/mol.